The summed E-state index contributed by atoms with van der Waals surface area (Å²) in [5.41, 5.74) is 0.128. The minimum Gasteiger partial charge on any atom is -0.371 e. The van der Waals surface area contributed by atoms with Crippen molar-refractivity contribution in [1.29, 1.82) is 0 Å². The van der Waals surface area contributed by atoms with Gasteiger partial charge in [-0.05, 0) is 63.7 Å². The molecule has 2 fully saturated rings. The van der Waals surface area contributed by atoms with Crippen LogP contribution in [0.15, 0.2) is 0 Å². The van der Waals surface area contributed by atoms with Crippen LogP contribution in [-0.2, 0) is 4.74 Å². The molecule has 2 rings (SSSR count). The van der Waals surface area contributed by atoms with Gasteiger partial charge in [-0.15, -0.1) is 0 Å². The zero-order valence-electron chi connectivity index (χ0n) is 13.4. The number of nitrogens with one attached hydrogen (secondary N) is 1. The number of ether oxygens (including phenoxy) is 1. The summed E-state index contributed by atoms with van der Waals surface area (Å²) in [7, 11) is 0. The summed E-state index contributed by atoms with van der Waals surface area (Å²) < 4.78 is 6.47. The first kappa shape index (κ1) is 15.3. The van der Waals surface area contributed by atoms with Gasteiger partial charge < -0.3 is 10.1 Å². The van der Waals surface area contributed by atoms with Gasteiger partial charge in [0.1, 0.15) is 0 Å². The first-order chi connectivity index (χ1) is 9.04. The third-order valence-corrected chi connectivity index (χ3v) is 5.20. The minimum absolute atomic E-state index is 0.128. The molecule has 0 spiro atoms. The quantitative estimate of drug-likeness (QED) is 0.748. The summed E-state index contributed by atoms with van der Waals surface area (Å²) in [6, 6.07) is 0.792. The van der Waals surface area contributed by atoms with Crippen LogP contribution in [0.1, 0.15) is 72.6 Å². The predicted molar refractivity (Wildman–Crippen MR) is 81.4 cm³/mol. The second-order valence-electron chi connectivity index (χ2n) is 7.26. The van der Waals surface area contributed by atoms with Crippen LogP contribution in [-0.4, -0.2) is 24.3 Å². The van der Waals surface area contributed by atoms with Crippen LogP contribution >= 0.6 is 0 Å². The molecule has 2 aliphatic carbocycles. The van der Waals surface area contributed by atoms with Crippen LogP contribution in [0.3, 0.4) is 0 Å². The van der Waals surface area contributed by atoms with Gasteiger partial charge in [-0.1, -0.05) is 20.8 Å². The van der Waals surface area contributed by atoms with E-state index < -0.39 is 0 Å². The number of hydrogen-bond acceptors (Lipinski definition) is 2. The third-order valence-electron chi connectivity index (χ3n) is 5.20. The summed E-state index contributed by atoms with van der Waals surface area (Å²) in [5, 5.41) is 3.72. The minimum atomic E-state index is 0.128. The molecule has 0 heterocycles. The molecule has 0 bridgehead atoms. The molecule has 0 radical (unpaired) electrons. The Bertz CT molecular complexity index is 264. The zero-order chi connectivity index (χ0) is 13.9. The van der Waals surface area contributed by atoms with E-state index in [4.69, 9.17) is 4.74 Å². The molecule has 0 aromatic rings. The van der Waals surface area contributed by atoms with E-state index in [1.807, 2.05) is 0 Å². The topological polar surface area (TPSA) is 21.3 Å². The van der Waals surface area contributed by atoms with Gasteiger partial charge in [0.2, 0.25) is 0 Å². The molecular weight excluding hydrogens is 234 g/mol. The summed E-state index contributed by atoms with van der Waals surface area (Å²) in [6.07, 6.45) is 9.46. The highest BCUT2D eigenvalue weighted by Crippen LogP contribution is 2.39. The van der Waals surface area contributed by atoms with Gasteiger partial charge in [-0.2, -0.15) is 0 Å². The van der Waals surface area contributed by atoms with Crippen molar-refractivity contribution in [2.75, 3.05) is 6.54 Å². The molecule has 0 saturated heterocycles. The van der Waals surface area contributed by atoms with E-state index in [1.165, 1.54) is 38.5 Å². The monoisotopic (exact) mass is 267 g/mol. The van der Waals surface area contributed by atoms with Gasteiger partial charge in [0.15, 0.2) is 0 Å². The number of rotatable bonds is 7. The van der Waals surface area contributed by atoms with Crippen LogP contribution in [0.25, 0.3) is 0 Å². The van der Waals surface area contributed by atoms with Crippen LogP contribution in [0.5, 0.6) is 0 Å². The van der Waals surface area contributed by atoms with Crippen LogP contribution in [0, 0.1) is 11.8 Å². The maximum atomic E-state index is 6.47. The zero-order valence-corrected chi connectivity index (χ0v) is 13.4. The van der Waals surface area contributed by atoms with E-state index in [1.54, 1.807) is 0 Å². The van der Waals surface area contributed by atoms with Crippen molar-refractivity contribution in [3.63, 3.8) is 0 Å². The van der Waals surface area contributed by atoms with Crippen molar-refractivity contribution in [1.82, 2.24) is 5.32 Å². The lowest BCUT2D eigenvalue weighted by Crippen LogP contribution is -2.48. The Morgan fingerprint density at radius 3 is 2.21 bits per heavy atom. The smallest absolute Gasteiger partial charge is 0.0810 e. The molecule has 0 aromatic carbocycles. The first-order valence-electron chi connectivity index (χ1n) is 8.46. The van der Waals surface area contributed by atoms with Gasteiger partial charge in [-0.25, -0.2) is 0 Å². The van der Waals surface area contributed by atoms with E-state index in [0.717, 1.165) is 30.8 Å². The maximum absolute atomic E-state index is 6.47. The Kier molecular flexibility index (Phi) is 5.30. The molecule has 19 heavy (non-hydrogen) atoms. The van der Waals surface area contributed by atoms with E-state index in [9.17, 15) is 0 Å². The summed E-state index contributed by atoms with van der Waals surface area (Å²) in [5.74, 6) is 1.74. The fourth-order valence-corrected chi connectivity index (χ4v) is 3.30. The summed E-state index contributed by atoms with van der Waals surface area (Å²) in [4.78, 5) is 0. The highest BCUT2D eigenvalue weighted by molar-refractivity contribution is 4.93. The Balaban J connectivity index is 1.90. The second kappa shape index (κ2) is 6.58. The molecule has 1 atom stereocenters. The largest absolute Gasteiger partial charge is 0.371 e. The highest BCUT2D eigenvalue weighted by Gasteiger charge is 2.39. The summed E-state index contributed by atoms with van der Waals surface area (Å²) in [6.45, 7) is 10.3. The molecule has 2 saturated carbocycles. The highest BCUT2D eigenvalue weighted by atomic mass is 16.5. The lowest BCUT2D eigenvalue weighted by atomic mass is 9.74. The van der Waals surface area contributed by atoms with Gasteiger partial charge in [0, 0.05) is 12.6 Å². The molecule has 0 amide bonds. The Morgan fingerprint density at radius 1 is 1.11 bits per heavy atom. The van der Waals surface area contributed by atoms with Crippen LogP contribution in [0.2, 0.25) is 0 Å². The molecule has 2 heteroatoms. The van der Waals surface area contributed by atoms with E-state index in [2.05, 4.69) is 33.0 Å². The molecule has 0 aromatic heterocycles. The maximum Gasteiger partial charge on any atom is 0.0810 e. The normalized spacial score (nSPS) is 33.6. The summed E-state index contributed by atoms with van der Waals surface area (Å²) >= 11 is 0. The van der Waals surface area contributed by atoms with Gasteiger partial charge >= 0.3 is 0 Å². The van der Waals surface area contributed by atoms with Crippen molar-refractivity contribution in [3.8, 4) is 0 Å². The van der Waals surface area contributed by atoms with Crippen LogP contribution in [0.4, 0.5) is 0 Å². The van der Waals surface area contributed by atoms with E-state index >= 15 is 0 Å². The van der Waals surface area contributed by atoms with Crippen molar-refractivity contribution in [2.24, 2.45) is 11.8 Å². The second-order valence-corrected chi connectivity index (χ2v) is 7.26. The fourth-order valence-electron chi connectivity index (χ4n) is 3.30. The van der Waals surface area contributed by atoms with Gasteiger partial charge in [0.25, 0.3) is 0 Å². The number of hydrogen-bond donors (Lipinski definition) is 1. The van der Waals surface area contributed by atoms with Crippen LogP contribution < -0.4 is 5.32 Å². The first-order valence-corrected chi connectivity index (χ1v) is 8.46. The van der Waals surface area contributed by atoms with E-state index in [-0.39, 0.29) is 5.60 Å². The Hall–Kier alpha value is -0.0800. The average Bonchev–Trinajstić information content (AvgIpc) is 3.21. The third kappa shape index (κ3) is 4.46. The van der Waals surface area contributed by atoms with Crippen molar-refractivity contribution >= 4 is 0 Å². The predicted octanol–water partition coefficient (Wildman–Crippen LogP) is 4.14. The van der Waals surface area contributed by atoms with Gasteiger partial charge in [0.05, 0.1) is 11.7 Å². The fraction of sp³-hybridized carbons (Fsp3) is 1.00. The van der Waals surface area contributed by atoms with Crippen molar-refractivity contribution < 1.29 is 4.74 Å². The van der Waals surface area contributed by atoms with Crippen molar-refractivity contribution in [3.05, 3.63) is 0 Å². The van der Waals surface area contributed by atoms with E-state index in [0.29, 0.717) is 6.10 Å². The molecule has 1 unspecified atom stereocenters. The Labute approximate surface area is 119 Å². The standard InChI is InChI=1S/C17H33NO/c1-5-14(4)19-17(12-18-16-6-7-16)10-8-15(9-11-17)13(2)3/h13-16,18H,5-12H2,1-4H3. The average molecular weight is 267 g/mol. The molecule has 2 aliphatic rings. The molecular formula is C17H33NO. The molecule has 0 aliphatic heterocycles. The molecule has 112 valence electrons. The SMILES string of the molecule is CCC(C)OC1(CNC2CC2)CCC(C(C)C)CC1. The lowest BCUT2D eigenvalue weighted by molar-refractivity contribution is -0.115. The van der Waals surface area contributed by atoms with Crippen molar-refractivity contribution in [2.45, 2.75) is 90.4 Å². The van der Waals surface area contributed by atoms with Gasteiger partial charge in [-0.3, -0.25) is 0 Å². The molecule has 2 nitrogen and oxygen atoms in total. The lowest BCUT2D eigenvalue weighted by Gasteiger charge is -2.43. The Morgan fingerprint density at radius 2 is 1.74 bits per heavy atom. The molecule has 1 N–H and O–H groups in total.